The van der Waals surface area contributed by atoms with Gasteiger partial charge in [0.1, 0.15) is 0 Å². The maximum atomic E-state index is 12.2. The van der Waals surface area contributed by atoms with E-state index in [1.165, 1.54) is 0 Å². The summed E-state index contributed by atoms with van der Waals surface area (Å²) in [4.78, 5) is 12.2. The zero-order chi connectivity index (χ0) is 11.5. The van der Waals surface area contributed by atoms with E-state index in [9.17, 15) is 4.79 Å². The maximum absolute atomic E-state index is 12.2. The molecule has 86 valence electrons. The lowest BCUT2D eigenvalue weighted by atomic mass is 9.90. The molecule has 1 aliphatic heterocycles. The van der Waals surface area contributed by atoms with Gasteiger partial charge in [-0.05, 0) is 31.4 Å². The van der Waals surface area contributed by atoms with Gasteiger partial charge in [-0.15, -0.1) is 0 Å². The van der Waals surface area contributed by atoms with Crippen LogP contribution in [0.2, 0.25) is 5.02 Å². The van der Waals surface area contributed by atoms with Crippen molar-refractivity contribution >= 4 is 17.4 Å². The van der Waals surface area contributed by atoms with Gasteiger partial charge in [-0.25, -0.2) is 0 Å². The molecule has 0 bridgehead atoms. The molecule has 0 atom stereocenters. The fourth-order valence-corrected chi connectivity index (χ4v) is 2.24. The summed E-state index contributed by atoms with van der Waals surface area (Å²) in [5.74, 6) is 0.241. The Morgan fingerprint density at radius 2 is 2.06 bits per heavy atom. The Hall–Kier alpha value is -0.860. The predicted molar refractivity (Wildman–Crippen MR) is 64.1 cm³/mol. The van der Waals surface area contributed by atoms with Crippen LogP contribution in [0.3, 0.4) is 0 Å². The maximum Gasteiger partial charge on any atom is 0.167 e. The second-order valence-corrected chi connectivity index (χ2v) is 4.57. The summed E-state index contributed by atoms with van der Waals surface area (Å²) in [5.41, 5.74) is 1.62. The van der Waals surface area contributed by atoms with Gasteiger partial charge in [0.25, 0.3) is 0 Å². The second kappa shape index (κ2) is 4.98. The third-order valence-corrected chi connectivity index (χ3v) is 3.55. The molecule has 1 aromatic rings. The topological polar surface area (TPSA) is 26.3 Å². The minimum atomic E-state index is 0.0769. The van der Waals surface area contributed by atoms with Crippen molar-refractivity contribution < 1.29 is 9.53 Å². The van der Waals surface area contributed by atoms with Gasteiger partial charge in [0, 0.05) is 24.7 Å². The summed E-state index contributed by atoms with van der Waals surface area (Å²) < 4.78 is 5.25. The molecule has 0 unspecified atom stereocenters. The lowest BCUT2D eigenvalue weighted by Gasteiger charge is -2.21. The molecule has 1 heterocycles. The first-order valence-electron chi connectivity index (χ1n) is 5.57. The summed E-state index contributed by atoms with van der Waals surface area (Å²) in [6.45, 7) is 3.28. The largest absolute Gasteiger partial charge is 0.381 e. The third-order valence-electron chi connectivity index (χ3n) is 3.05. The quantitative estimate of drug-likeness (QED) is 0.740. The molecule has 0 radical (unpaired) electrons. The molecule has 1 fully saturated rings. The van der Waals surface area contributed by atoms with Gasteiger partial charge < -0.3 is 4.74 Å². The standard InChI is InChI=1S/C13H15ClO2/c1-9-3-2-4-11(12(9)14)13(15)10-5-7-16-8-6-10/h2-4,10H,5-8H2,1H3. The number of rotatable bonds is 2. The molecule has 1 aromatic carbocycles. The highest BCUT2D eigenvalue weighted by Gasteiger charge is 2.24. The number of aryl methyl sites for hydroxylation is 1. The minimum Gasteiger partial charge on any atom is -0.381 e. The van der Waals surface area contributed by atoms with Gasteiger partial charge in [0.05, 0.1) is 5.02 Å². The van der Waals surface area contributed by atoms with E-state index >= 15 is 0 Å². The number of benzene rings is 1. The van der Waals surface area contributed by atoms with Crippen LogP contribution in [-0.4, -0.2) is 19.0 Å². The van der Waals surface area contributed by atoms with E-state index < -0.39 is 0 Å². The fraction of sp³-hybridized carbons (Fsp3) is 0.462. The average Bonchev–Trinajstić information content (AvgIpc) is 2.33. The number of carbonyl (C=O) groups excluding carboxylic acids is 1. The molecule has 0 aromatic heterocycles. The molecule has 0 N–H and O–H groups in total. The summed E-state index contributed by atoms with van der Waals surface area (Å²) in [6.07, 6.45) is 1.62. The highest BCUT2D eigenvalue weighted by Crippen LogP contribution is 2.26. The van der Waals surface area contributed by atoms with Crippen LogP contribution in [0, 0.1) is 12.8 Å². The fourth-order valence-electron chi connectivity index (χ4n) is 2.02. The molecule has 2 rings (SSSR count). The summed E-state index contributed by atoms with van der Waals surface area (Å²) in [6, 6.07) is 5.62. The van der Waals surface area contributed by atoms with Crippen LogP contribution < -0.4 is 0 Å². The van der Waals surface area contributed by atoms with E-state index in [1.54, 1.807) is 0 Å². The number of ether oxygens (including phenoxy) is 1. The first-order chi connectivity index (χ1) is 7.70. The summed E-state index contributed by atoms with van der Waals surface area (Å²) >= 11 is 6.16. The Balaban J connectivity index is 2.22. The molecule has 0 spiro atoms. The molecule has 3 heteroatoms. The molecule has 16 heavy (non-hydrogen) atoms. The van der Waals surface area contributed by atoms with Crippen LogP contribution in [0.4, 0.5) is 0 Å². The predicted octanol–water partition coefficient (Wildman–Crippen LogP) is 3.26. The molecular formula is C13H15ClO2. The summed E-state index contributed by atoms with van der Waals surface area (Å²) in [7, 11) is 0. The number of Topliss-reactive ketones (excluding diaryl/α,β-unsaturated/α-hetero) is 1. The molecule has 1 aliphatic rings. The highest BCUT2D eigenvalue weighted by molar-refractivity contribution is 6.34. The van der Waals surface area contributed by atoms with E-state index in [2.05, 4.69) is 0 Å². The Morgan fingerprint density at radius 3 is 2.75 bits per heavy atom. The van der Waals surface area contributed by atoms with Crippen molar-refractivity contribution in [2.24, 2.45) is 5.92 Å². The van der Waals surface area contributed by atoms with Gasteiger partial charge in [-0.2, -0.15) is 0 Å². The van der Waals surface area contributed by atoms with Crippen molar-refractivity contribution in [3.05, 3.63) is 34.3 Å². The van der Waals surface area contributed by atoms with Crippen molar-refractivity contribution in [2.75, 3.05) is 13.2 Å². The van der Waals surface area contributed by atoms with E-state index in [4.69, 9.17) is 16.3 Å². The number of halogens is 1. The Kier molecular flexibility index (Phi) is 3.62. The molecule has 1 saturated heterocycles. The minimum absolute atomic E-state index is 0.0769. The van der Waals surface area contributed by atoms with Crippen LogP contribution >= 0.6 is 11.6 Å². The number of hydrogen-bond acceptors (Lipinski definition) is 2. The highest BCUT2D eigenvalue weighted by atomic mass is 35.5. The van der Waals surface area contributed by atoms with Crippen molar-refractivity contribution in [2.45, 2.75) is 19.8 Å². The van der Waals surface area contributed by atoms with Crippen molar-refractivity contribution in [3.8, 4) is 0 Å². The van der Waals surface area contributed by atoms with Gasteiger partial charge >= 0.3 is 0 Å². The Labute approximate surface area is 101 Å². The smallest absolute Gasteiger partial charge is 0.167 e. The molecule has 0 saturated carbocycles. The zero-order valence-corrected chi connectivity index (χ0v) is 10.1. The molecular weight excluding hydrogens is 224 g/mol. The third kappa shape index (κ3) is 2.28. The normalized spacial score (nSPS) is 17.4. The van der Waals surface area contributed by atoms with E-state index in [0.29, 0.717) is 23.8 Å². The first-order valence-corrected chi connectivity index (χ1v) is 5.95. The SMILES string of the molecule is Cc1cccc(C(=O)C2CCOCC2)c1Cl. The lowest BCUT2D eigenvalue weighted by Crippen LogP contribution is -2.23. The first kappa shape index (κ1) is 11.6. The second-order valence-electron chi connectivity index (χ2n) is 4.19. The molecule has 0 aliphatic carbocycles. The van der Waals surface area contributed by atoms with Gasteiger partial charge in [-0.1, -0.05) is 23.7 Å². The van der Waals surface area contributed by atoms with Crippen LogP contribution in [0.1, 0.15) is 28.8 Å². The Morgan fingerprint density at radius 1 is 1.38 bits per heavy atom. The molecule has 2 nitrogen and oxygen atoms in total. The van der Waals surface area contributed by atoms with Crippen LogP contribution in [0.25, 0.3) is 0 Å². The number of ketones is 1. The monoisotopic (exact) mass is 238 g/mol. The van der Waals surface area contributed by atoms with Crippen molar-refractivity contribution in [3.63, 3.8) is 0 Å². The van der Waals surface area contributed by atoms with Crippen LogP contribution in [-0.2, 0) is 4.74 Å². The van der Waals surface area contributed by atoms with E-state index in [-0.39, 0.29) is 11.7 Å². The van der Waals surface area contributed by atoms with Gasteiger partial charge in [0.15, 0.2) is 5.78 Å². The van der Waals surface area contributed by atoms with Crippen molar-refractivity contribution in [1.29, 1.82) is 0 Å². The van der Waals surface area contributed by atoms with E-state index in [0.717, 1.165) is 18.4 Å². The zero-order valence-electron chi connectivity index (χ0n) is 9.33. The molecule has 0 amide bonds. The number of hydrogen-bond donors (Lipinski definition) is 0. The van der Waals surface area contributed by atoms with E-state index in [1.807, 2.05) is 25.1 Å². The summed E-state index contributed by atoms with van der Waals surface area (Å²) in [5, 5.41) is 0.596. The van der Waals surface area contributed by atoms with Crippen LogP contribution in [0.5, 0.6) is 0 Å². The van der Waals surface area contributed by atoms with Gasteiger partial charge in [0.2, 0.25) is 0 Å². The number of carbonyl (C=O) groups is 1. The Bertz CT molecular complexity index is 395. The van der Waals surface area contributed by atoms with Crippen LogP contribution in [0.15, 0.2) is 18.2 Å². The van der Waals surface area contributed by atoms with Gasteiger partial charge in [-0.3, -0.25) is 4.79 Å². The van der Waals surface area contributed by atoms with Crippen molar-refractivity contribution in [1.82, 2.24) is 0 Å². The average molecular weight is 239 g/mol. The lowest BCUT2D eigenvalue weighted by molar-refractivity contribution is 0.0545.